The molecule has 0 saturated heterocycles. The summed E-state index contributed by atoms with van der Waals surface area (Å²) in [7, 11) is 1.45. The Hall–Kier alpha value is -1.84. The lowest BCUT2D eigenvalue weighted by Gasteiger charge is -2.07. The molecule has 0 spiro atoms. The van der Waals surface area contributed by atoms with E-state index in [-0.39, 0.29) is 11.6 Å². The van der Waals surface area contributed by atoms with Gasteiger partial charge in [-0.2, -0.15) is 0 Å². The number of fused-ring (bicyclic) bond motifs is 1. The molecular weight excluding hydrogens is 219 g/mol. The Morgan fingerprint density at radius 1 is 1.35 bits per heavy atom. The number of methoxy groups -OCH3 is 1. The first-order valence-electron chi connectivity index (χ1n) is 5.62. The lowest BCUT2D eigenvalue weighted by atomic mass is 10.2. The summed E-state index contributed by atoms with van der Waals surface area (Å²) < 4.78 is 18.4. The third kappa shape index (κ3) is 2.46. The van der Waals surface area contributed by atoms with E-state index in [4.69, 9.17) is 4.74 Å². The molecule has 1 aromatic carbocycles. The van der Waals surface area contributed by atoms with Gasteiger partial charge in [-0.1, -0.05) is 6.92 Å². The normalized spacial score (nSPS) is 10.5. The minimum absolute atomic E-state index is 0.244. The van der Waals surface area contributed by atoms with E-state index in [0.29, 0.717) is 5.52 Å². The number of ether oxygens (including phenoxy) is 1. The van der Waals surface area contributed by atoms with Crippen molar-refractivity contribution in [2.75, 3.05) is 19.0 Å². The number of hydrogen-bond donors (Lipinski definition) is 1. The molecule has 0 aliphatic rings. The van der Waals surface area contributed by atoms with Crippen molar-refractivity contribution < 1.29 is 9.13 Å². The predicted molar refractivity (Wildman–Crippen MR) is 67.0 cm³/mol. The van der Waals surface area contributed by atoms with Crippen molar-refractivity contribution in [3.05, 3.63) is 30.1 Å². The number of nitrogens with zero attached hydrogens (tertiary/aromatic N) is 1. The van der Waals surface area contributed by atoms with Crippen LogP contribution in [0.1, 0.15) is 13.3 Å². The van der Waals surface area contributed by atoms with Gasteiger partial charge in [-0.3, -0.25) is 0 Å². The van der Waals surface area contributed by atoms with Gasteiger partial charge in [-0.05, 0) is 24.6 Å². The van der Waals surface area contributed by atoms with Crippen LogP contribution in [0, 0.1) is 5.82 Å². The molecule has 0 amide bonds. The molecule has 0 bridgehead atoms. The summed E-state index contributed by atoms with van der Waals surface area (Å²) in [5.41, 5.74) is 0.629. The van der Waals surface area contributed by atoms with Gasteiger partial charge in [0.1, 0.15) is 5.82 Å². The quantitative estimate of drug-likeness (QED) is 0.882. The molecule has 0 radical (unpaired) electrons. The molecule has 1 N–H and O–H groups in total. The van der Waals surface area contributed by atoms with E-state index in [9.17, 15) is 4.39 Å². The molecule has 3 nitrogen and oxygen atoms in total. The zero-order valence-electron chi connectivity index (χ0n) is 9.96. The van der Waals surface area contributed by atoms with E-state index < -0.39 is 0 Å². The molecule has 4 heteroatoms. The largest absolute Gasteiger partial charge is 0.494 e. The summed E-state index contributed by atoms with van der Waals surface area (Å²) in [6.07, 6.45) is 1.02. The minimum Gasteiger partial charge on any atom is -0.494 e. The summed E-state index contributed by atoms with van der Waals surface area (Å²) in [5, 5.41) is 4.04. The standard InChI is InChI=1S/C13H15FN2O/c1-3-6-15-13-5-4-9-7-12(17-2)10(14)8-11(9)16-13/h4-5,7-8H,3,6H2,1-2H3,(H,15,16). The maximum atomic E-state index is 13.5. The van der Waals surface area contributed by atoms with E-state index in [2.05, 4.69) is 17.2 Å². The molecule has 90 valence electrons. The average molecular weight is 234 g/mol. The van der Waals surface area contributed by atoms with Crippen molar-refractivity contribution in [1.29, 1.82) is 0 Å². The summed E-state index contributed by atoms with van der Waals surface area (Å²) >= 11 is 0. The van der Waals surface area contributed by atoms with Gasteiger partial charge in [-0.15, -0.1) is 0 Å². The topological polar surface area (TPSA) is 34.1 Å². The summed E-state index contributed by atoms with van der Waals surface area (Å²) in [4.78, 5) is 4.34. The smallest absolute Gasteiger partial charge is 0.167 e. The predicted octanol–water partition coefficient (Wildman–Crippen LogP) is 3.20. The number of halogens is 1. The first kappa shape index (κ1) is 11.6. The SMILES string of the molecule is CCCNc1ccc2cc(OC)c(F)cc2n1. The van der Waals surface area contributed by atoms with Crippen LogP contribution in [0.3, 0.4) is 0 Å². The van der Waals surface area contributed by atoms with Gasteiger partial charge in [0.2, 0.25) is 0 Å². The Kier molecular flexibility index (Phi) is 3.42. The van der Waals surface area contributed by atoms with E-state index in [1.54, 1.807) is 6.07 Å². The third-order valence-corrected chi connectivity index (χ3v) is 2.52. The lowest BCUT2D eigenvalue weighted by Crippen LogP contribution is -2.01. The third-order valence-electron chi connectivity index (χ3n) is 2.52. The highest BCUT2D eigenvalue weighted by Gasteiger charge is 2.06. The molecule has 0 saturated carbocycles. The van der Waals surface area contributed by atoms with Crippen molar-refractivity contribution in [3.63, 3.8) is 0 Å². The maximum absolute atomic E-state index is 13.5. The first-order valence-corrected chi connectivity index (χ1v) is 5.62. The number of benzene rings is 1. The van der Waals surface area contributed by atoms with Crippen molar-refractivity contribution in [3.8, 4) is 5.75 Å². The Morgan fingerprint density at radius 2 is 2.18 bits per heavy atom. The highest BCUT2D eigenvalue weighted by atomic mass is 19.1. The fourth-order valence-electron chi connectivity index (χ4n) is 1.63. The number of hydrogen-bond acceptors (Lipinski definition) is 3. The summed E-state index contributed by atoms with van der Waals surface area (Å²) in [6, 6.07) is 6.84. The highest BCUT2D eigenvalue weighted by Crippen LogP contribution is 2.24. The van der Waals surface area contributed by atoms with Crippen molar-refractivity contribution in [2.24, 2.45) is 0 Å². The van der Waals surface area contributed by atoms with Gasteiger partial charge in [-0.25, -0.2) is 9.37 Å². The molecule has 0 aliphatic carbocycles. The molecular formula is C13H15FN2O. The second-order valence-electron chi connectivity index (χ2n) is 3.80. The summed E-state index contributed by atoms with van der Waals surface area (Å²) in [5.74, 6) is 0.623. The fraction of sp³-hybridized carbons (Fsp3) is 0.308. The Labute approximate surface area is 99.6 Å². The van der Waals surface area contributed by atoms with Crippen molar-refractivity contribution in [1.82, 2.24) is 4.98 Å². The Bertz CT molecular complexity index is 528. The average Bonchev–Trinajstić information content (AvgIpc) is 2.35. The van der Waals surface area contributed by atoms with Gasteiger partial charge in [0.15, 0.2) is 11.6 Å². The number of rotatable bonds is 4. The van der Waals surface area contributed by atoms with Crippen LogP contribution in [0.25, 0.3) is 10.9 Å². The van der Waals surface area contributed by atoms with Crippen LogP contribution in [-0.4, -0.2) is 18.6 Å². The van der Waals surface area contributed by atoms with Crippen LogP contribution in [0.5, 0.6) is 5.75 Å². The van der Waals surface area contributed by atoms with Gasteiger partial charge >= 0.3 is 0 Å². The van der Waals surface area contributed by atoms with Gasteiger partial charge in [0.05, 0.1) is 12.6 Å². The molecule has 0 unspecified atom stereocenters. The Balaban J connectivity index is 2.40. The van der Waals surface area contributed by atoms with Crippen LogP contribution in [0.4, 0.5) is 10.2 Å². The van der Waals surface area contributed by atoms with Crippen LogP contribution in [-0.2, 0) is 0 Å². The maximum Gasteiger partial charge on any atom is 0.167 e. The zero-order valence-corrected chi connectivity index (χ0v) is 9.96. The molecule has 1 aromatic heterocycles. The first-order chi connectivity index (χ1) is 8.24. The van der Waals surface area contributed by atoms with Crippen LogP contribution < -0.4 is 10.1 Å². The van der Waals surface area contributed by atoms with Crippen molar-refractivity contribution in [2.45, 2.75) is 13.3 Å². The molecule has 2 rings (SSSR count). The van der Waals surface area contributed by atoms with Crippen molar-refractivity contribution >= 4 is 16.7 Å². The molecule has 0 aliphatic heterocycles. The van der Waals surface area contributed by atoms with E-state index >= 15 is 0 Å². The molecule has 17 heavy (non-hydrogen) atoms. The van der Waals surface area contributed by atoms with Gasteiger partial charge in [0, 0.05) is 18.0 Å². The molecule has 0 fully saturated rings. The minimum atomic E-state index is -0.389. The number of aromatic nitrogens is 1. The van der Waals surface area contributed by atoms with Crippen LogP contribution in [0.2, 0.25) is 0 Å². The number of anilines is 1. The second kappa shape index (κ2) is 4.99. The number of nitrogens with one attached hydrogen (secondary N) is 1. The highest BCUT2D eigenvalue weighted by molar-refractivity contribution is 5.82. The molecule has 2 aromatic rings. The second-order valence-corrected chi connectivity index (χ2v) is 3.80. The lowest BCUT2D eigenvalue weighted by molar-refractivity contribution is 0.387. The molecule has 1 heterocycles. The Morgan fingerprint density at radius 3 is 2.88 bits per heavy atom. The monoisotopic (exact) mass is 234 g/mol. The fourth-order valence-corrected chi connectivity index (χ4v) is 1.63. The summed E-state index contributed by atoms with van der Waals surface area (Å²) in [6.45, 7) is 2.94. The van der Waals surface area contributed by atoms with Gasteiger partial charge in [0.25, 0.3) is 0 Å². The van der Waals surface area contributed by atoms with Crippen LogP contribution in [0.15, 0.2) is 24.3 Å². The molecule has 0 atom stereocenters. The van der Waals surface area contributed by atoms with Crippen LogP contribution >= 0.6 is 0 Å². The number of pyridine rings is 1. The van der Waals surface area contributed by atoms with E-state index in [0.717, 1.165) is 24.2 Å². The van der Waals surface area contributed by atoms with E-state index in [1.807, 2.05) is 12.1 Å². The van der Waals surface area contributed by atoms with E-state index in [1.165, 1.54) is 13.2 Å². The zero-order chi connectivity index (χ0) is 12.3. The van der Waals surface area contributed by atoms with Gasteiger partial charge < -0.3 is 10.1 Å².